The first-order valence-electron chi connectivity index (χ1n) is 10.3. The molecular weight excluding hydrogens is 388 g/mol. The maximum Gasteiger partial charge on any atom is 0.133 e. The molecule has 0 aliphatic rings. The average molecular weight is 412 g/mol. The molecule has 0 fully saturated rings. The van der Waals surface area contributed by atoms with Crippen molar-refractivity contribution in [3.05, 3.63) is 73.1 Å². The van der Waals surface area contributed by atoms with Crippen LogP contribution in [0.5, 0.6) is 5.75 Å². The summed E-state index contributed by atoms with van der Waals surface area (Å²) in [5.74, 6) is 0.804. The Hall–Kier alpha value is -3.87. The zero-order valence-corrected chi connectivity index (χ0v) is 17.9. The molecule has 0 saturated carbocycles. The Morgan fingerprint density at radius 1 is 0.935 bits per heavy atom. The highest BCUT2D eigenvalue weighted by Gasteiger charge is 2.13. The maximum atomic E-state index is 6.06. The van der Waals surface area contributed by atoms with Gasteiger partial charge in [0.2, 0.25) is 0 Å². The Kier molecular flexibility index (Phi) is 4.78. The number of aromatic nitrogens is 6. The summed E-state index contributed by atoms with van der Waals surface area (Å²) in [6.07, 6.45) is 7.76. The van der Waals surface area contributed by atoms with E-state index in [0.29, 0.717) is 6.61 Å². The van der Waals surface area contributed by atoms with Gasteiger partial charge in [0.15, 0.2) is 0 Å². The molecule has 0 radical (unpaired) electrons. The van der Waals surface area contributed by atoms with Gasteiger partial charge < -0.3 is 9.30 Å². The smallest absolute Gasteiger partial charge is 0.133 e. The third-order valence-electron chi connectivity index (χ3n) is 5.47. The van der Waals surface area contributed by atoms with E-state index in [9.17, 15) is 0 Å². The van der Waals surface area contributed by atoms with Gasteiger partial charge in [0.25, 0.3) is 0 Å². The molecule has 31 heavy (non-hydrogen) atoms. The number of hydrogen-bond donors (Lipinski definition) is 0. The highest BCUT2D eigenvalue weighted by Crippen LogP contribution is 2.29. The van der Waals surface area contributed by atoms with Crippen LogP contribution >= 0.6 is 0 Å². The fourth-order valence-electron chi connectivity index (χ4n) is 3.83. The SMILES string of the molecule is CCn1cc(-c2cn(C)nc2COc2ccc(-c3cccc4c3ncn4C)cc2)cn1. The molecule has 0 spiro atoms. The van der Waals surface area contributed by atoms with Gasteiger partial charge >= 0.3 is 0 Å². The topological polar surface area (TPSA) is 62.7 Å². The first kappa shape index (κ1) is 19.1. The molecule has 3 aromatic heterocycles. The highest BCUT2D eigenvalue weighted by atomic mass is 16.5. The quantitative estimate of drug-likeness (QED) is 0.414. The van der Waals surface area contributed by atoms with Crippen LogP contribution in [0.1, 0.15) is 12.6 Å². The molecule has 7 heteroatoms. The van der Waals surface area contributed by atoms with Gasteiger partial charge in [0.05, 0.1) is 23.6 Å². The van der Waals surface area contributed by atoms with Crippen molar-refractivity contribution in [1.82, 2.24) is 29.1 Å². The van der Waals surface area contributed by atoms with Crippen LogP contribution in [0.4, 0.5) is 0 Å². The summed E-state index contributed by atoms with van der Waals surface area (Å²) in [5, 5.41) is 8.96. The van der Waals surface area contributed by atoms with Crippen LogP contribution in [-0.4, -0.2) is 29.1 Å². The van der Waals surface area contributed by atoms with Crippen LogP contribution < -0.4 is 4.74 Å². The number of fused-ring (bicyclic) bond motifs is 1. The normalized spacial score (nSPS) is 11.3. The molecule has 7 nitrogen and oxygen atoms in total. The van der Waals surface area contributed by atoms with Gasteiger partial charge in [-0.3, -0.25) is 9.36 Å². The van der Waals surface area contributed by atoms with Gasteiger partial charge in [-0.2, -0.15) is 10.2 Å². The number of ether oxygens (including phenoxy) is 1. The lowest BCUT2D eigenvalue weighted by Gasteiger charge is -2.08. The summed E-state index contributed by atoms with van der Waals surface area (Å²) in [5.41, 5.74) is 7.33. The molecule has 3 heterocycles. The Morgan fingerprint density at radius 2 is 1.77 bits per heavy atom. The van der Waals surface area contributed by atoms with Gasteiger partial charge in [-0.1, -0.05) is 24.3 Å². The average Bonchev–Trinajstić information content (AvgIpc) is 3.51. The van der Waals surface area contributed by atoms with E-state index in [1.54, 1.807) is 0 Å². The molecule has 0 N–H and O–H groups in total. The van der Waals surface area contributed by atoms with Crippen molar-refractivity contribution in [2.75, 3.05) is 0 Å². The zero-order chi connectivity index (χ0) is 21.4. The summed E-state index contributed by atoms with van der Waals surface area (Å²) in [7, 11) is 3.93. The van der Waals surface area contributed by atoms with Crippen molar-refractivity contribution in [2.45, 2.75) is 20.1 Å². The molecule has 156 valence electrons. The summed E-state index contributed by atoms with van der Waals surface area (Å²) in [4.78, 5) is 4.56. The number of imidazole rings is 1. The van der Waals surface area contributed by atoms with Gasteiger partial charge in [0.1, 0.15) is 18.1 Å². The number of nitrogens with zero attached hydrogens (tertiary/aromatic N) is 6. The molecule has 0 amide bonds. The number of hydrogen-bond acceptors (Lipinski definition) is 4. The Balaban J connectivity index is 1.35. The second kappa shape index (κ2) is 7.75. The van der Waals surface area contributed by atoms with E-state index >= 15 is 0 Å². The molecule has 0 aliphatic carbocycles. The standard InChI is InChI=1S/C24H24N6O/c1-4-30-13-18(12-26-30)21-14-29(3)27-22(21)15-31-19-10-8-17(9-11-19)20-6-5-7-23-24(20)25-16-28(23)2/h5-14,16H,4,15H2,1-3H3. The minimum Gasteiger partial charge on any atom is -0.487 e. The van der Waals surface area contributed by atoms with E-state index in [0.717, 1.165) is 51.3 Å². The van der Waals surface area contributed by atoms with Crippen molar-refractivity contribution in [2.24, 2.45) is 14.1 Å². The van der Waals surface area contributed by atoms with Crippen LogP contribution in [0.25, 0.3) is 33.3 Å². The summed E-state index contributed by atoms with van der Waals surface area (Å²) < 4.78 is 11.8. The summed E-state index contributed by atoms with van der Waals surface area (Å²) in [6.45, 7) is 3.30. The number of benzene rings is 2. The molecule has 0 saturated heterocycles. The van der Waals surface area contributed by atoms with E-state index in [1.807, 2.05) is 65.1 Å². The lowest BCUT2D eigenvalue weighted by atomic mass is 10.0. The lowest BCUT2D eigenvalue weighted by molar-refractivity contribution is 0.300. The van der Waals surface area contributed by atoms with Crippen molar-refractivity contribution < 1.29 is 4.74 Å². The second-order valence-electron chi connectivity index (χ2n) is 7.59. The van der Waals surface area contributed by atoms with Crippen LogP contribution in [0.2, 0.25) is 0 Å². The van der Waals surface area contributed by atoms with E-state index in [2.05, 4.69) is 52.4 Å². The van der Waals surface area contributed by atoms with E-state index in [-0.39, 0.29) is 0 Å². The minimum atomic E-state index is 0.392. The molecule has 5 aromatic rings. The predicted octanol–water partition coefficient (Wildman–Crippen LogP) is 4.44. The Bertz CT molecular complexity index is 1340. The van der Waals surface area contributed by atoms with Crippen LogP contribution in [0.15, 0.2) is 67.4 Å². The van der Waals surface area contributed by atoms with Crippen LogP contribution in [-0.2, 0) is 27.2 Å². The van der Waals surface area contributed by atoms with E-state index in [1.165, 1.54) is 0 Å². The molecular formula is C24H24N6O. The molecule has 0 unspecified atom stereocenters. The van der Waals surface area contributed by atoms with Crippen molar-refractivity contribution in [1.29, 1.82) is 0 Å². The number of aryl methyl sites for hydroxylation is 3. The minimum absolute atomic E-state index is 0.392. The zero-order valence-electron chi connectivity index (χ0n) is 17.9. The van der Waals surface area contributed by atoms with E-state index in [4.69, 9.17) is 4.74 Å². The Morgan fingerprint density at radius 3 is 2.55 bits per heavy atom. The summed E-state index contributed by atoms with van der Waals surface area (Å²) >= 11 is 0. The number of para-hydroxylation sites is 1. The molecule has 5 rings (SSSR count). The Labute approximate surface area is 180 Å². The highest BCUT2D eigenvalue weighted by molar-refractivity contribution is 5.92. The maximum absolute atomic E-state index is 6.06. The first-order chi connectivity index (χ1) is 15.1. The van der Waals surface area contributed by atoms with Crippen molar-refractivity contribution >= 4 is 11.0 Å². The predicted molar refractivity (Wildman–Crippen MR) is 121 cm³/mol. The van der Waals surface area contributed by atoms with Crippen LogP contribution in [0.3, 0.4) is 0 Å². The van der Waals surface area contributed by atoms with E-state index < -0.39 is 0 Å². The third-order valence-corrected chi connectivity index (χ3v) is 5.47. The van der Waals surface area contributed by atoms with Gasteiger partial charge in [-0.05, 0) is 30.7 Å². The largest absolute Gasteiger partial charge is 0.487 e. The van der Waals surface area contributed by atoms with Crippen molar-refractivity contribution in [3.8, 4) is 28.0 Å². The van der Waals surface area contributed by atoms with Gasteiger partial charge in [-0.25, -0.2) is 4.98 Å². The monoisotopic (exact) mass is 412 g/mol. The van der Waals surface area contributed by atoms with Crippen LogP contribution in [0, 0.1) is 0 Å². The third kappa shape index (κ3) is 3.59. The lowest BCUT2D eigenvalue weighted by Crippen LogP contribution is -1.99. The fraction of sp³-hybridized carbons (Fsp3) is 0.208. The fourth-order valence-corrected chi connectivity index (χ4v) is 3.83. The van der Waals surface area contributed by atoms with Gasteiger partial charge in [0, 0.05) is 49.7 Å². The van der Waals surface area contributed by atoms with Crippen molar-refractivity contribution in [3.63, 3.8) is 0 Å². The molecule has 2 aromatic carbocycles. The second-order valence-corrected chi connectivity index (χ2v) is 7.59. The first-order valence-corrected chi connectivity index (χ1v) is 10.3. The molecule has 0 aliphatic heterocycles. The molecule has 0 bridgehead atoms. The van der Waals surface area contributed by atoms with Gasteiger partial charge in [-0.15, -0.1) is 0 Å². The molecule has 0 atom stereocenters. The summed E-state index contributed by atoms with van der Waals surface area (Å²) in [6, 6.07) is 14.4. The number of rotatable bonds is 6.